The summed E-state index contributed by atoms with van der Waals surface area (Å²) in [7, 11) is 1.13. The zero-order chi connectivity index (χ0) is 46.4. The van der Waals surface area contributed by atoms with Gasteiger partial charge in [0.1, 0.15) is 42.1 Å². The normalized spacial score (nSPS) is 14.0. The third-order valence-corrected chi connectivity index (χ3v) is 8.83. The van der Waals surface area contributed by atoms with Crippen LogP contribution in [-0.4, -0.2) is 133 Å². The van der Waals surface area contributed by atoms with E-state index in [1.165, 1.54) is 12.1 Å². The first-order valence-electron chi connectivity index (χ1n) is 19.8. The van der Waals surface area contributed by atoms with Gasteiger partial charge in [0.2, 0.25) is 23.6 Å². The van der Waals surface area contributed by atoms with Crippen molar-refractivity contribution in [3.05, 3.63) is 42.0 Å². The molecule has 0 bridgehead atoms. The number of rotatable bonds is 25. The van der Waals surface area contributed by atoms with Gasteiger partial charge in [0, 0.05) is 38.2 Å². The number of nitrogens with zero attached hydrogens (tertiary/aromatic N) is 1. The van der Waals surface area contributed by atoms with Crippen molar-refractivity contribution in [2.24, 2.45) is 11.5 Å². The van der Waals surface area contributed by atoms with Crippen LogP contribution in [-0.2, 0) is 49.5 Å². The summed E-state index contributed by atoms with van der Waals surface area (Å²) in [6.07, 6.45) is 1.83. The van der Waals surface area contributed by atoms with Crippen molar-refractivity contribution < 1.29 is 62.5 Å². The predicted molar refractivity (Wildman–Crippen MR) is 219 cm³/mol. The van der Waals surface area contributed by atoms with Gasteiger partial charge in [-0.3, -0.25) is 33.7 Å². The van der Waals surface area contributed by atoms with Crippen LogP contribution in [0.2, 0.25) is 0 Å². The Morgan fingerprint density at radius 2 is 1.15 bits per heavy atom. The van der Waals surface area contributed by atoms with Gasteiger partial charge in [-0.1, -0.05) is 12.1 Å². The van der Waals surface area contributed by atoms with Gasteiger partial charge in [0.15, 0.2) is 0 Å². The molecule has 1 unspecified atom stereocenters. The van der Waals surface area contributed by atoms with Crippen LogP contribution < -0.4 is 48.7 Å². The lowest BCUT2D eigenvalue weighted by molar-refractivity contribution is -0.145. The molecule has 4 atom stereocenters. The number of imide groups is 1. The van der Waals surface area contributed by atoms with Crippen LogP contribution >= 0.6 is 0 Å². The summed E-state index contributed by atoms with van der Waals surface area (Å²) in [6.45, 7) is 4.40. The fraction of sp³-hybridized carbons (Fsp3) is 0.538. The number of phenolic OH excluding ortho intramolecular Hbond substituents is 1. The first-order chi connectivity index (χ1) is 29.2. The molecule has 23 heteroatoms. The Hall–Kier alpha value is -6.94. The van der Waals surface area contributed by atoms with Crippen molar-refractivity contribution >= 4 is 59.6 Å². The SMILES string of the molecule is COC(=O)[C@H](Cc1ccc(O)cc1)NC(=O)[C@H](CCCCNC(=O)C(CCCNC(N)=O)NC(=O)CN1C(=O)C=CC1=O)NC(=O)[C@H](CCCNC(N)=O)NC(=O)OC(C)(C)C. The highest BCUT2D eigenvalue weighted by Gasteiger charge is 2.32. The predicted octanol–water partition coefficient (Wildman–Crippen LogP) is -1.44. The van der Waals surface area contributed by atoms with Gasteiger partial charge in [-0.25, -0.2) is 19.2 Å². The number of alkyl carbamates (subject to hydrolysis) is 1. The molecule has 23 nitrogen and oxygen atoms in total. The molecule has 0 saturated carbocycles. The van der Waals surface area contributed by atoms with Gasteiger partial charge in [-0.15, -0.1) is 0 Å². The van der Waals surface area contributed by atoms with Gasteiger partial charge < -0.3 is 63.3 Å². The van der Waals surface area contributed by atoms with Crippen LogP contribution in [0.4, 0.5) is 14.4 Å². The summed E-state index contributed by atoms with van der Waals surface area (Å²) in [4.78, 5) is 126. The molecule has 2 rings (SSSR count). The number of amides is 11. The van der Waals surface area contributed by atoms with Crippen molar-refractivity contribution in [3.8, 4) is 5.75 Å². The van der Waals surface area contributed by atoms with E-state index >= 15 is 0 Å². The van der Waals surface area contributed by atoms with E-state index in [0.29, 0.717) is 10.5 Å². The molecule has 12 N–H and O–H groups in total. The summed E-state index contributed by atoms with van der Waals surface area (Å²) >= 11 is 0. The second-order valence-corrected chi connectivity index (χ2v) is 15.1. The van der Waals surface area contributed by atoms with Crippen molar-refractivity contribution in [3.63, 3.8) is 0 Å². The lowest BCUT2D eigenvalue weighted by Crippen LogP contribution is -2.56. The first kappa shape index (κ1) is 51.2. The molecular formula is C39H58N10O13. The van der Waals surface area contributed by atoms with E-state index in [0.717, 1.165) is 19.3 Å². The number of methoxy groups -OCH3 is 1. The standard InChI is InChI=1S/C39H58N10O13/c1-39(2,3)62-38(60)48-27(11-8-20-44-37(41)59)34(56)46-26(33(55)47-28(35(57)61-4)21-23-12-14-24(50)15-13-23)9-5-6-18-42-32(54)25(10-7-19-43-36(40)58)45-29(51)22-49-30(52)16-17-31(49)53/h12-17,25-28,50H,5-11,18-22H2,1-4H3,(H,42,54)(H,45,51)(H,46,56)(H,47,55)(H,48,60)(H3,40,43,58)(H3,41,44,59)/t25?,26-,27-,28-/m0/s1. The van der Waals surface area contributed by atoms with Crippen LogP contribution in [0.1, 0.15) is 71.3 Å². The Morgan fingerprint density at radius 1 is 0.661 bits per heavy atom. The van der Waals surface area contributed by atoms with Gasteiger partial charge in [-0.2, -0.15) is 0 Å². The van der Waals surface area contributed by atoms with Gasteiger partial charge in [0.05, 0.1) is 7.11 Å². The zero-order valence-electron chi connectivity index (χ0n) is 35.2. The zero-order valence-corrected chi connectivity index (χ0v) is 35.2. The fourth-order valence-electron chi connectivity index (χ4n) is 5.82. The van der Waals surface area contributed by atoms with E-state index in [1.807, 2.05) is 0 Å². The number of nitrogens with two attached hydrogens (primary N) is 2. The average Bonchev–Trinajstić information content (AvgIpc) is 3.50. The minimum Gasteiger partial charge on any atom is -0.508 e. The van der Waals surface area contributed by atoms with E-state index in [9.17, 15) is 53.1 Å². The fourth-order valence-corrected chi connectivity index (χ4v) is 5.82. The van der Waals surface area contributed by atoms with Crippen LogP contribution in [0.25, 0.3) is 0 Å². The number of ether oxygens (including phenoxy) is 2. The van der Waals surface area contributed by atoms with E-state index in [2.05, 4.69) is 37.2 Å². The Balaban J connectivity index is 2.23. The molecule has 1 aliphatic rings. The third kappa shape index (κ3) is 19.9. The number of nitrogens with one attached hydrogen (secondary N) is 7. The van der Waals surface area contributed by atoms with Gasteiger partial charge >= 0.3 is 24.1 Å². The monoisotopic (exact) mass is 874 g/mol. The Kier molecular flexibility index (Phi) is 21.2. The third-order valence-electron chi connectivity index (χ3n) is 8.83. The molecule has 0 aliphatic carbocycles. The molecule has 0 radical (unpaired) electrons. The molecule has 1 aliphatic heterocycles. The van der Waals surface area contributed by atoms with E-state index in [-0.39, 0.29) is 76.8 Å². The summed E-state index contributed by atoms with van der Waals surface area (Å²) in [6, 6.07) is -0.634. The number of benzene rings is 1. The molecule has 62 heavy (non-hydrogen) atoms. The van der Waals surface area contributed by atoms with E-state index in [1.54, 1.807) is 32.9 Å². The number of carbonyl (C=O) groups is 10. The Bertz CT molecular complexity index is 1780. The topological polar surface area (TPSA) is 349 Å². The lowest BCUT2D eigenvalue weighted by Gasteiger charge is -2.26. The Labute approximate surface area is 358 Å². The summed E-state index contributed by atoms with van der Waals surface area (Å²) < 4.78 is 10.2. The second-order valence-electron chi connectivity index (χ2n) is 15.1. The number of aromatic hydroxyl groups is 1. The molecule has 0 saturated heterocycles. The van der Waals surface area contributed by atoms with Crippen LogP contribution in [0.5, 0.6) is 5.75 Å². The molecule has 0 fully saturated rings. The number of primary amides is 2. The summed E-state index contributed by atoms with van der Waals surface area (Å²) in [5.74, 6) is -5.20. The highest BCUT2D eigenvalue weighted by atomic mass is 16.6. The van der Waals surface area contributed by atoms with Crippen molar-refractivity contribution in [2.75, 3.05) is 33.3 Å². The van der Waals surface area contributed by atoms with Crippen molar-refractivity contribution in [1.29, 1.82) is 0 Å². The van der Waals surface area contributed by atoms with Crippen molar-refractivity contribution in [2.45, 2.75) is 102 Å². The number of hydrogen-bond donors (Lipinski definition) is 10. The van der Waals surface area contributed by atoms with Crippen LogP contribution in [0, 0.1) is 0 Å². The molecule has 11 amide bonds. The van der Waals surface area contributed by atoms with Crippen LogP contribution in [0.3, 0.4) is 0 Å². The molecule has 1 aromatic rings. The number of unbranched alkanes of at least 4 members (excludes halogenated alkanes) is 1. The van der Waals surface area contributed by atoms with E-state index in [4.69, 9.17) is 20.9 Å². The minimum atomic E-state index is -1.31. The maximum Gasteiger partial charge on any atom is 0.408 e. The molecule has 342 valence electrons. The number of urea groups is 2. The molecule has 0 aromatic heterocycles. The minimum absolute atomic E-state index is 0.0152. The highest BCUT2D eigenvalue weighted by molar-refractivity contribution is 6.14. The smallest absolute Gasteiger partial charge is 0.408 e. The van der Waals surface area contributed by atoms with Gasteiger partial charge in [0.25, 0.3) is 11.8 Å². The maximum atomic E-state index is 13.9. The largest absolute Gasteiger partial charge is 0.508 e. The van der Waals surface area contributed by atoms with E-state index < -0.39 is 95.9 Å². The summed E-state index contributed by atoms with van der Waals surface area (Å²) in [5, 5.41) is 27.4. The first-order valence-corrected chi connectivity index (χ1v) is 19.8. The highest BCUT2D eigenvalue weighted by Crippen LogP contribution is 2.14. The van der Waals surface area contributed by atoms with Crippen LogP contribution in [0.15, 0.2) is 36.4 Å². The number of hydrogen-bond acceptors (Lipinski definition) is 13. The molecule has 0 spiro atoms. The lowest BCUT2D eigenvalue weighted by atomic mass is 10.0. The number of esters is 1. The Morgan fingerprint density at radius 3 is 1.66 bits per heavy atom. The molecule has 1 aromatic carbocycles. The average molecular weight is 875 g/mol. The molecular weight excluding hydrogens is 816 g/mol. The second kappa shape index (κ2) is 25.6. The quantitative estimate of drug-likeness (QED) is 0.0306. The number of carbonyl (C=O) groups excluding carboxylic acids is 10. The van der Waals surface area contributed by atoms with Gasteiger partial charge in [-0.05, 0) is 83.4 Å². The maximum absolute atomic E-state index is 13.9. The number of phenols is 1. The molecule has 1 heterocycles. The van der Waals surface area contributed by atoms with Crippen molar-refractivity contribution in [1.82, 2.24) is 42.1 Å². The summed E-state index contributed by atoms with van der Waals surface area (Å²) in [5.41, 5.74) is 9.89.